The minimum absolute atomic E-state index is 0.274. The normalized spacial score (nSPS) is 12.6. The topological polar surface area (TPSA) is 29.3 Å². The molecule has 0 saturated heterocycles. The Labute approximate surface area is 128 Å². The lowest BCUT2D eigenvalue weighted by molar-refractivity contribution is 0.202. The molecule has 0 fully saturated rings. The van der Waals surface area contributed by atoms with E-state index in [1.54, 1.807) is 0 Å². The van der Waals surface area contributed by atoms with Crippen molar-refractivity contribution < 1.29 is 0 Å². The molecule has 2 nitrogen and oxygen atoms in total. The van der Waals surface area contributed by atoms with Gasteiger partial charge in [0.2, 0.25) is 0 Å². The second-order valence-electron chi connectivity index (χ2n) is 5.61. The number of nitrogens with two attached hydrogens (primary N) is 1. The number of aryl methyl sites for hydroxylation is 2. The van der Waals surface area contributed by atoms with E-state index >= 15 is 0 Å². The molecule has 0 spiro atoms. The van der Waals surface area contributed by atoms with Gasteiger partial charge in [0, 0.05) is 19.1 Å². The van der Waals surface area contributed by atoms with Crippen LogP contribution >= 0.6 is 0 Å². The lowest BCUT2D eigenvalue weighted by Gasteiger charge is -2.32. The van der Waals surface area contributed by atoms with Crippen molar-refractivity contribution in [1.29, 1.82) is 0 Å². The lowest BCUT2D eigenvalue weighted by Crippen LogP contribution is -2.34. The van der Waals surface area contributed by atoms with Crippen LogP contribution in [0.1, 0.15) is 35.2 Å². The third kappa shape index (κ3) is 3.72. The van der Waals surface area contributed by atoms with Crippen molar-refractivity contribution in [2.24, 2.45) is 5.73 Å². The highest BCUT2D eigenvalue weighted by Crippen LogP contribution is 2.27. The van der Waals surface area contributed by atoms with E-state index in [2.05, 4.69) is 74.2 Å². The lowest BCUT2D eigenvalue weighted by atomic mass is 9.94. The van der Waals surface area contributed by atoms with E-state index < -0.39 is 0 Å². The summed E-state index contributed by atoms with van der Waals surface area (Å²) in [6.07, 6.45) is 0. The first-order valence-corrected chi connectivity index (χ1v) is 7.71. The van der Waals surface area contributed by atoms with Gasteiger partial charge >= 0.3 is 0 Å². The van der Waals surface area contributed by atoms with Crippen molar-refractivity contribution in [3.8, 4) is 0 Å². The van der Waals surface area contributed by atoms with Gasteiger partial charge in [0.05, 0.1) is 0 Å². The van der Waals surface area contributed by atoms with Crippen LogP contribution in [0.2, 0.25) is 0 Å². The van der Waals surface area contributed by atoms with E-state index in [1.807, 2.05) is 0 Å². The number of rotatable bonds is 6. The Bertz CT molecular complexity index is 543. The van der Waals surface area contributed by atoms with E-state index in [0.717, 1.165) is 13.1 Å². The largest absolute Gasteiger partial charge is 0.329 e. The molecule has 0 radical (unpaired) electrons. The monoisotopic (exact) mass is 282 g/mol. The van der Waals surface area contributed by atoms with E-state index in [9.17, 15) is 0 Å². The SMILES string of the molecule is CCN(Cc1ccccc1)C(CN)c1c(C)cccc1C. The van der Waals surface area contributed by atoms with Gasteiger partial charge in [-0.2, -0.15) is 0 Å². The fourth-order valence-corrected chi connectivity index (χ4v) is 3.06. The van der Waals surface area contributed by atoms with Gasteiger partial charge in [-0.05, 0) is 42.6 Å². The molecule has 2 aromatic rings. The maximum absolute atomic E-state index is 6.13. The summed E-state index contributed by atoms with van der Waals surface area (Å²) >= 11 is 0. The molecular weight excluding hydrogens is 256 g/mol. The highest BCUT2D eigenvalue weighted by atomic mass is 15.2. The second kappa shape index (κ2) is 7.39. The van der Waals surface area contributed by atoms with Gasteiger partial charge in [-0.25, -0.2) is 0 Å². The molecule has 1 unspecified atom stereocenters. The Kier molecular flexibility index (Phi) is 5.54. The summed E-state index contributed by atoms with van der Waals surface area (Å²) in [4.78, 5) is 2.46. The zero-order valence-electron chi connectivity index (χ0n) is 13.3. The van der Waals surface area contributed by atoms with Crippen LogP contribution in [0.5, 0.6) is 0 Å². The Balaban J connectivity index is 2.29. The van der Waals surface area contributed by atoms with Crippen molar-refractivity contribution in [3.63, 3.8) is 0 Å². The second-order valence-corrected chi connectivity index (χ2v) is 5.61. The smallest absolute Gasteiger partial charge is 0.0479 e. The van der Waals surface area contributed by atoms with Gasteiger partial charge < -0.3 is 5.73 Å². The molecule has 2 rings (SSSR count). The summed E-state index contributed by atoms with van der Waals surface area (Å²) in [5.74, 6) is 0. The predicted octanol–water partition coefficient (Wildman–Crippen LogP) is 3.83. The quantitative estimate of drug-likeness (QED) is 0.872. The predicted molar refractivity (Wildman–Crippen MR) is 90.2 cm³/mol. The zero-order chi connectivity index (χ0) is 15.2. The van der Waals surface area contributed by atoms with Crippen LogP contribution in [-0.4, -0.2) is 18.0 Å². The number of benzene rings is 2. The highest BCUT2D eigenvalue weighted by molar-refractivity contribution is 5.36. The average Bonchev–Trinajstić information content (AvgIpc) is 2.50. The summed E-state index contributed by atoms with van der Waals surface area (Å²) < 4.78 is 0. The molecule has 0 aromatic heterocycles. The Morgan fingerprint density at radius 2 is 1.57 bits per heavy atom. The molecule has 2 N–H and O–H groups in total. The average molecular weight is 282 g/mol. The van der Waals surface area contributed by atoms with Crippen LogP contribution < -0.4 is 5.73 Å². The van der Waals surface area contributed by atoms with Gasteiger partial charge in [-0.3, -0.25) is 4.90 Å². The minimum atomic E-state index is 0.274. The molecule has 112 valence electrons. The van der Waals surface area contributed by atoms with Gasteiger partial charge in [-0.1, -0.05) is 55.5 Å². The molecule has 0 aliphatic heterocycles. The highest BCUT2D eigenvalue weighted by Gasteiger charge is 2.21. The fraction of sp³-hybridized carbons (Fsp3) is 0.368. The molecule has 0 heterocycles. The first-order chi connectivity index (χ1) is 10.2. The first kappa shape index (κ1) is 15.7. The third-order valence-corrected chi connectivity index (χ3v) is 4.17. The van der Waals surface area contributed by atoms with Crippen LogP contribution in [0.3, 0.4) is 0 Å². The number of hydrogen-bond acceptors (Lipinski definition) is 2. The first-order valence-electron chi connectivity index (χ1n) is 7.71. The Morgan fingerprint density at radius 3 is 2.10 bits per heavy atom. The Hall–Kier alpha value is -1.64. The Morgan fingerprint density at radius 1 is 0.952 bits per heavy atom. The standard InChI is InChI=1S/C19H26N2/c1-4-21(14-17-11-6-5-7-12-17)18(13-20)19-15(2)9-8-10-16(19)3/h5-12,18H,4,13-14,20H2,1-3H3. The van der Waals surface area contributed by atoms with Crippen LogP contribution in [-0.2, 0) is 6.54 Å². The maximum atomic E-state index is 6.13. The molecule has 0 aliphatic rings. The third-order valence-electron chi connectivity index (χ3n) is 4.17. The van der Waals surface area contributed by atoms with Crippen LogP contribution in [0, 0.1) is 13.8 Å². The van der Waals surface area contributed by atoms with Gasteiger partial charge in [0.25, 0.3) is 0 Å². The summed E-state index contributed by atoms with van der Waals surface area (Å²) in [5.41, 5.74) is 11.5. The summed E-state index contributed by atoms with van der Waals surface area (Å²) in [7, 11) is 0. The van der Waals surface area contributed by atoms with E-state index in [1.165, 1.54) is 22.3 Å². The van der Waals surface area contributed by atoms with Gasteiger partial charge in [0.1, 0.15) is 0 Å². The summed E-state index contributed by atoms with van der Waals surface area (Å²) in [6.45, 7) is 9.14. The van der Waals surface area contributed by atoms with Crippen molar-refractivity contribution in [2.75, 3.05) is 13.1 Å². The van der Waals surface area contributed by atoms with Gasteiger partial charge in [-0.15, -0.1) is 0 Å². The molecule has 0 bridgehead atoms. The van der Waals surface area contributed by atoms with Crippen LogP contribution in [0.15, 0.2) is 48.5 Å². The molecule has 0 aliphatic carbocycles. The van der Waals surface area contributed by atoms with E-state index in [-0.39, 0.29) is 6.04 Å². The van der Waals surface area contributed by atoms with Crippen molar-refractivity contribution in [3.05, 3.63) is 70.8 Å². The number of hydrogen-bond donors (Lipinski definition) is 1. The number of likely N-dealkylation sites (N-methyl/N-ethyl adjacent to an activating group) is 1. The molecule has 0 saturated carbocycles. The number of nitrogens with zero attached hydrogens (tertiary/aromatic N) is 1. The molecule has 0 amide bonds. The molecule has 2 heteroatoms. The van der Waals surface area contributed by atoms with Crippen molar-refractivity contribution in [1.82, 2.24) is 4.90 Å². The molecule has 2 aromatic carbocycles. The van der Waals surface area contributed by atoms with Crippen molar-refractivity contribution in [2.45, 2.75) is 33.4 Å². The fourth-order valence-electron chi connectivity index (χ4n) is 3.06. The van der Waals surface area contributed by atoms with E-state index in [4.69, 9.17) is 5.73 Å². The van der Waals surface area contributed by atoms with Crippen molar-refractivity contribution >= 4 is 0 Å². The summed E-state index contributed by atoms with van der Waals surface area (Å²) in [5, 5.41) is 0. The molecule has 21 heavy (non-hydrogen) atoms. The minimum Gasteiger partial charge on any atom is -0.329 e. The summed E-state index contributed by atoms with van der Waals surface area (Å²) in [6, 6.07) is 17.4. The maximum Gasteiger partial charge on any atom is 0.0479 e. The van der Waals surface area contributed by atoms with Crippen LogP contribution in [0.25, 0.3) is 0 Å². The zero-order valence-corrected chi connectivity index (χ0v) is 13.3. The molecular formula is C19H26N2. The van der Waals surface area contributed by atoms with E-state index in [0.29, 0.717) is 6.54 Å². The van der Waals surface area contributed by atoms with Crippen LogP contribution in [0.4, 0.5) is 0 Å². The van der Waals surface area contributed by atoms with Gasteiger partial charge in [0.15, 0.2) is 0 Å². The molecule has 1 atom stereocenters.